The SMILES string of the molecule is COc1ccc(CN(C)C(=O)CSc2nnc(Cc3ccccc3)n2C)cc1OC. The molecule has 0 radical (unpaired) electrons. The maximum Gasteiger partial charge on any atom is 0.233 e. The second-order valence-corrected chi connectivity index (χ2v) is 7.79. The molecule has 1 amide bonds. The lowest BCUT2D eigenvalue weighted by Crippen LogP contribution is -2.27. The first kappa shape index (κ1) is 21.7. The van der Waals surface area contributed by atoms with Gasteiger partial charge in [-0.25, -0.2) is 0 Å². The van der Waals surface area contributed by atoms with Gasteiger partial charge in [-0.05, 0) is 23.3 Å². The van der Waals surface area contributed by atoms with Gasteiger partial charge in [0.15, 0.2) is 16.7 Å². The van der Waals surface area contributed by atoms with Gasteiger partial charge < -0.3 is 18.9 Å². The van der Waals surface area contributed by atoms with Gasteiger partial charge in [0.25, 0.3) is 0 Å². The smallest absolute Gasteiger partial charge is 0.233 e. The molecule has 0 saturated heterocycles. The number of benzene rings is 2. The molecule has 0 saturated carbocycles. The first-order valence-electron chi connectivity index (χ1n) is 9.51. The average Bonchev–Trinajstić information content (AvgIpc) is 3.11. The van der Waals surface area contributed by atoms with Crippen molar-refractivity contribution < 1.29 is 14.3 Å². The number of thioether (sulfide) groups is 1. The molecular formula is C22H26N4O3S. The summed E-state index contributed by atoms with van der Waals surface area (Å²) >= 11 is 1.39. The Bertz CT molecular complexity index is 991. The number of methoxy groups -OCH3 is 2. The molecule has 2 aromatic carbocycles. The van der Waals surface area contributed by atoms with Crippen molar-refractivity contribution in [3.63, 3.8) is 0 Å². The van der Waals surface area contributed by atoms with Crippen molar-refractivity contribution >= 4 is 17.7 Å². The van der Waals surface area contributed by atoms with Crippen LogP contribution in [0.1, 0.15) is 17.0 Å². The Labute approximate surface area is 181 Å². The van der Waals surface area contributed by atoms with Crippen molar-refractivity contribution in [2.24, 2.45) is 7.05 Å². The van der Waals surface area contributed by atoms with Crippen LogP contribution in [0.2, 0.25) is 0 Å². The van der Waals surface area contributed by atoms with Crippen LogP contribution in [0.4, 0.5) is 0 Å². The standard InChI is InChI=1S/C22H26N4O3S/c1-25(14-17-10-11-18(28-3)19(12-17)29-4)21(27)15-30-22-24-23-20(26(22)2)13-16-8-6-5-7-9-16/h5-12H,13-15H2,1-4H3. The number of hydrogen-bond donors (Lipinski definition) is 0. The van der Waals surface area contributed by atoms with Gasteiger partial charge in [0.05, 0.1) is 20.0 Å². The minimum absolute atomic E-state index is 0.0161. The molecule has 0 atom stereocenters. The fourth-order valence-electron chi connectivity index (χ4n) is 2.98. The Morgan fingerprint density at radius 2 is 1.77 bits per heavy atom. The second kappa shape index (κ2) is 10.2. The zero-order valence-electron chi connectivity index (χ0n) is 17.7. The Morgan fingerprint density at radius 3 is 2.47 bits per heavy atom. The molecule has 0 aliphatic carbocycles. The van der Waals surface area contributed by atoms with E-state index in [-0.39, 0.29) is 5.91 Å². The Kier molecular flexibility index (Phi) is 7.35. The molecule has 0 spiro atoms. The van der Waals surface area contributed by atoms with Gasteiger partial charge in [0.2, 0.25) is 5.91 Å². The lowest BCUT2D eigenvalue weighted by Gasteiger charge is -2.18. The van der Waals surface area contributed by atoms with Crippen LogP contribution in [0.5, 0.6) is 11.5 Å². The van der Waals surface area contributed by atoms with Crippen LogP contribution in [-0.4, -0.2) is 52.6 Å². The lowest BCUT2D eigenvalue weighted by atomic mass is 10.1. The van der Waals surface area contributed by atoms with Gasteiger partial charge in [0, 0.05) is 27.1 Å². The third-order valence-electron chi connectivity index (χ3n) is 4.75. The molecule has 0 fully saturated rings. The topological polar surface area (TPSA) is 69.5 Å². The minimum Gasteiger partial charge on any atom is -0.493 e. The minimum atomic E-state index is 0.0161. The first-order chi connectivity index (χ1) is 14.5. The third-order valence-corrected chi connectivity index (χ3v) is 5.75. The normalized spacial score (nSPS) is 10.7. The summed E-state index contributed by atoms with van der Waals surface area (Å²) in [5.74, 6) is 2.49. The van der Waals surface area contributed by atoms with Crippen LogP contribution in [0.25, 0.3) is 0 Å². The van der Waals surface area contributed by atoms with E-state index in [0.717, 1.165) is 16.5 Å². The van der Waals surface area contributed by atoms with Crippen LogP contribution in [-0.2, 0) is 24.8 Å². The average molecular weight is 427 g/mol. The number of amides is 1. The Balaban J connectivity index is 1.56. The predicted octanol–water partition coefficient (Wildman–Crippen LogP) is 3.17. The van der Waals surface area contributed by atoms with Crippen LogP contribution in [0, 0.1) is 0 Å². The molecule has 0 unspecified atom stereocenters. The van der Waals surface area contributed by atoms with Crippen LogP contribution >= 0.6 is 11.8 Å². The molecule has 1 aromatic heterocycles. The molecule has 0 N–H and O–H groups in total. The maximum absolute atomic E-state index is 12.6. The van der Waals surface area contributed by atoms with Gasteiger partial charge >= 0.3 is 0 Å². The Morgan fingerprint density at radius 1 is 1.03 bits per heavy atom. The molecule has 0 bridgehead atoms. The predicted molar refractivity (Wildman–Crippen MR) is 117 cm³/mol. The maximum atomic E-state index is 12.6. The van der Waals surface area contributed by atoms with E-state index in [4.69, 9.17) is 9.47 Å². The molecule has 0 aliphatic heterocycles. The number of carbonyl (C=O) groups excluding carboxylic acids is 1. The van der Waals surface area contributed by atoms with E-state index in [0.29, 0.717) is 30.2 Å². The van der Waals surface area contributed by atoms with E-state index in [1.807, 2.05) is 48.0 Å². The number of aromatic nitrogens is 3. The second-order valence-electron chi connectivity index (χ2n) is 6.85. The zero-order valence-corrected chi connectivity index (χ0v) is 18.5. The summed E-state index contributed by atoms with van der Waals surface area (Å²) in [5.41, 5.74) is 2.15. The van der Waals surface area contributed by atoms with E-state index in [2.05, 4.69) is 22.3 Å². The number of nitrogens with zero attached hydrogens (tertiary/aromatic N) is 4. The highest BCUT2D eigenvalue weighted by molar-refractivity contribution is 7.99. The van der Waals surface area contributed by atoms with E-state index >= 15 is 0 Å². The molecule has 8 heteroatoms. The van der Waals surface area contributed by atoms with Gasteiger partial charge in [-0.15, -0.1) is 10.2 Å². The summed E-state index contributed by atoms with van der Waals surface area (Å²) < 4.78 is 12.5. The highest BCUT2D eigenvalue weighted by atomic mass is 32.2. The molecule has 7 nitrogen and oxygen atoms in total. The summed E-state index contributed by atoms with van der Waals surface area (Å²) in [4.78, 5) is 14.3. The highest BCUT2D eigenvalue weighted by Gasteiger charge is 2.15. The van der Waals surface area contributed by atoms with Crippen molar-refractivity contribution in [1.82, 2.24) is 19.7 Å². The van der Waals surface area contributed by atoms with Crippen LogP contribution < -0.4 is 9.47 Å². The number of hydrogen-bond acceptors (Lipinski definition) is 6. The van der Waals surface area contributed by atoms with E-state index in [1.54, 1.807) is 26.2 Å². The highest BCUT2D eigenvalue weighted by Crippen LogP contribution is 2.28. The molecule has 30 heavy (non-hydrogen) atoms. The fraction of sp³-hybridized carbons (Fsp3) is 0.318. The van der Waals surface area contributed by atoms with Crippen molar-refractivity contribution in [2.45, 2.75) is 18.1 Å². The van der Waals surface area contributed by atoms with Gasteiger partial charge in [0.1, 0.15) is 5.82 Å². The van der Waals surface area contributed by atoms with E-state index < -0.39 is 0 Å². The summed E-state index contributed by atoms with van der Waals surface area (Å²) in [7, 11) is 6.91. The molecule has 3 aromatic rings. The van der Waals surface area contributed by atoms with Gasteiger partial charge in [-0.1, -0.05) is 48.2 Å². The summed E-state index contributed by atoms with van der Waals surface area (Å²) in [5, 5.41) is 9.25. The van der Waals surface area contributed by atoms with E-state index in [9.17, 15) is 4.79 Å². The van der Waals surface area contributed by atoms with Crippen molar-refractivity contribution in [3.05, 3.63) is 65.5 Å². The first-order valence-corrected chi connectivity index (χ1v) is 10.5. The molecule has 0 aliphatic rings. The Hall–Kier alpha value is -3.00. The summed E-state index contributed by atoms with van der Waals surface area (Å²) in [6.45, 7) is 0.484. The lowest BCUT2D eigenvalue weighted by molar-refractivity contribution is -0.127. The van der Waals surface area contributed by atoms with Crippen molar-refractivity contribution in [2.75, 3.05) is 27.0 Å². The zero-order chi connectivity index (χ0) is 21.5. The van der Waals surface area contributed by atoms with Crippen LogP contribution in [0.3, 0.4) is 0 Å². The molecule has 158 valence electrons. The molecular weight excluding hydrogens is 400 g/mol. The van der Waals surface area contributed by atoms with Gasteiger partial charge in [-0.2, -0.15) is 0 Å². The van der Waals surface area contributed by atoms with Gasteiger partial charge in [-0.3, -0.25) is 4.79 Å². The quantitative estimate of drug-likeness (QED) is 0.490. The monoisotopic (exact) mass is 426 g/mol. The fourth-order valence-corrected chi connectivity index (χ4v) is 3.85. The number of rotatable bonds is 9. The van der Waals surface area contributed by atoms with E-state index in [1.165, 1.54) is 17.3 Å². The summed E-state index contributed by atoms with van der Waals surface area (Å²) in [6, 6.07) is 15.8. The van der Waals surface area contributed by atoms with Crippen molar-refractivity contribution in [3.8, 4) is 11.5 Å². The summed E-state index contributed by atoms with van der Waals surface area (Å²) in [6.07, 6.45) is 0.706. The largest absolute Gasteiger partial charge is 0.493 e. The molecule has 1 heterocycles. The number of carbonyl (C=O) groups is 1. The molecule has 3 rings (SSSR count). The number of ether oxygens (including phenoxy) is 2. The van der Waals surface area contributed by atoms with Crippen LogP contribution in [0.15, 0.2) is 53.7 Å². The third kappa shape index (κ3) is 5.33. The van der Waals surface area contributed by atoms with Crippen molar-refractivity contribution in [1.29, 1.82) is 0 Å².